The van der Waals surface area contributed by atoms with E-state index >= 15 is 0 Å². The highest BCUT2D eigenvalue weighted by atomic mass is 16.5. The molecule has 1 rings (SSSR count). The van der Waals surface area contributed by atoms with Gasteiger partial charge in [0.2, 0.25) is 11.8 Å². The van der Waals surface area contributed by atoms with Gasteiger partial charge in [-0.1, -0.05) is 13.0 Å². The van der Waals surface area contributed by atoms with Crippen LogP contribution in [0.1, 0.15) is 25.8 Å². The standard InChI is InChI=1S/C18H26N2O4/c1-5-11-24-15-9-7-14(12-16(15)23-6-2)8-10-17(21)19-13-18(22)20(3)4/h7-10,12H,5-6,11,13H2,1-4H3,(H,19,21)/b10-8+. The van der Waals surface area contributed by atoms with E-state index < -0.39 is 0 Å². The van der Waals surface area contributed by atoms with Crippen molar-refractivity contribution in [2.75, 3.05) is 33.9 Å². The van der Waals surface area contributed by atoms with E-state index in [2.05, 4.69) is 5.32 Å². The predicted molar refractivity (Wildman–Crippen MR) is 94.1 cm³/mol. The molecule has 0 unspecified atom stereocenters. The zero-order valence-corrected chi connectivity index (χ0v) is 14.8. The number of ether oxygens (including phenoxy) is 2. The maximum Gasteiger partial charge on any atom is 0.244 e. The van der Waals surface area contributed by atoms with E-state index in [0.29, 0.717) is 24.7 Å². The van der Waals surface area contributed by atoms with Crippen molar-refractivity contribution < 1.29 is 19.1 Å². The first-order valence-electron chi connectivity index (χ1n) is 8.03. The Morgan fingerprint density at radius 2 is 1.92 bits per heavy atom. The molecule has 0 bridgehead atoms. The first-order chi connectivity index (χ1) is 11.5. The molecule has 24 heavy (non-hydrogen) atoms. The molecular weight excluding hydrogens is 308 g/mol. The lowest BCUT2D eigenvalue weighted by Gasteiger charge is -2.12. The van der Waals surface area contributed by atoms with Crippen LogP contribution in [0.15, 0.2) is 24.3 Å². The number of amides is 2. The molecular formula is C18H26N2O4. The minimum Gasteiger partial charge on any atom is -0.490 e. The largest absolute Gasteiger partial charge is 0.490 e. The van der Waals surface area contributed by atoms with Crippen LogP contribution in [-0.2, 0) is 9.59 Å². The molecule has 0 saturated heterocycles. The molecule has 1 aromatic carbocycles. The Morgan fingerprint density at radius 3 is 2.54 bits per heavy atom. The van der Waals surface area contributed by atoms with Gasteiger partial charge in [0.1, 0.15) is 0 Å². The van der Waals surface area contributed by atoms with Crippen molar-refractivity contribution in [2.45, 2.75) is 20.3 Å². The molecule has 0 atom stereocenters. The fourth-order valence-corrected chi connectivity index (χ4v) is 1.78. The molecule has 6 nitrogen and oxygen atoms in total. The zero-order valence-electron chi connectivity index (χ0n) is 14.8. The van der Waals surface area contributed by atoms with Gasteiger partial charge in [0.15, 0.2) is 11.5 Å². The molecule has 0 spiro atoms. The predicted octanol–water partition coefficient (Wildman–Crippen LogP) is 2.09. The average molecular weight is 334 g/mol. The van der Waals surface area contributed by atoms with Crippen molar-refractivity contribution in [1.29, 1.82) is 0 Å². The van der Waals surface area contributed by atoms with Crippen molar-refractivity contribution in [1.82, 2.24) is 10.2 Å². The van der Waals surface area contributed by atoms with Crippen LogP contribution in [0.25, 0.3) is 6.08 Å². The fourth-order valence-electron chi connectivity index (χ4n) is 1.78. The second kappa shape index (κ2) is 10.3. The highest BCUT2D eigenvalue weighted by Crippen LogP contribution is 2.29. The molecule has 132 valence electrons. The highest BCUT2D eigenvalue weighted by Gasteiger charge is 2.07. The minimum atomic E-state index is -0.325. The summed E-state index contributed by atoms with van der Waals surface area (Å²) in [7, 11) is 3.28. The number of hydrogen-bond donors (Lipinski definition) is 1. The average Bonchev–Trinajstić information content (AvgIpc) is 2.57. The second-order valence-electron chi connectivity index (χ2n) is 5.33. The van der Waals surface area contributed by atoms with Crippen LogP contribution in [0, 0.1) is 0 Å². The van der Waals surface area contributed by atoms with Gasteiger partial charge in [0.25, 0.3) is 0 Å². The van der Waals surface area contributed by atoms with E-state index in [1.54, 1.807) is 20.2 Å². The highest BCUT2D eigenvalue weighted by molar-refractivity contribution is 5.94. The van der Waals surface area contributed by atoms with Crippen LogP contribution >= 0.6 is 0 Å². The van der Waals surface area contributed by atoms with Crippen molar-refractivity contribution in [3.05, 3.63) is 29.8 Å². The van der Waals surface area contributed by atoms with E-state index in [1.807, 2.05) is 32.0 Å². The first kappa shape index (κ1) is 19.5. The first-order valence-corrected chi connectivity index (χ1v) is 8.03. The van der Waals surface area contributed by atoms with E-state index in [9.17, 15) is 9.59 Å². The molecule has 0 fully saturated rings. The van der Waals surface area contributed by atoms with Gasteiger partial charge in [-0.15, -0.1) is 0 Å². The quantitative estimate of drug-likeness (QED) is 0.702. The van der Waals surface area contributed by atoms with Crippen LogP contribution in [0.2, 0.25) is 0 Å². The Morgan fingerprint density at radius 1 is 1.17 bits per heavy atom. The van der Waals surface area contributed by atoms with Crippen LogP contribution in [-0.4, -0.2) is 50.6 Å². The zero-order chi connectivity index (χ0) is 17.9. The third kappa shape index (κ3) is 6.73. The number of benzene rings is 1. The van der Waals surface area contributed by atoms with E-state index in [4.69, 9.17) is 9.47 Å². The third-order valence-corrected chi connectivity index (χ3v) is 3.07. The van der Waals surface area contributed by atoms with Gasteiger partial charge in [0.05, 0.1) is 19.8 Å². The van der Waals surface area contributed by atoms with Gasteiger partial charge in [-0.25, -0.2) is 0 Å². The summed E-state index contributed by atoms with van der Waals surface area (Å²) >= 11 is 0. The summed E-state index contributed by atoms with van der Waals surface area (Å²) < 4.78 is 11.2. The number of carbonyl (C=O) groups is 2. The number of hydrogen-bond acceptors (Lipinski definition) is 4. The van der Waals surface area contributed by atoms with E-state index in [1.165, 1.54) is 11.0 Å². The molecule has 1 N–H and O–H groups in total. The number of carbonyl (C=O) groups excluding carboxylic acids is 2. The van der Waals surface area contributed by atoms with Gasteiger partial charge in [-0.05, 0) is 37.1 Å². The molecule has 2 amide bonds. The summed E-state index contributed by atoms with van der Waals surface area (Å²) in [5, 5.41) is 2.54. The lowest BCUT2D eigenvalue weighted by Crippen LogP contribution is -2.35. The lowest BCUT2D eigenvalue weighted by molar-refractivity contribution is -0.129. The Balaban J connectivity index is 2.70. The van der Waals surface area contributed by atoms with Gasteiger partial charge in [-0.3, -0.25) is 9.59 Å². The molecule has 0 aromatic heterocycles. The maximum atomic E-state index is 11.7. The smallest absolute Gasteiger partial charge is 0.244 e. The monoisotopic (exact) mass is 334 g/mol. The number of likely N-dealkylation sites (N-methyl/N-ethyl adjacent to an activating group) is 1. The van der Waals surface area contributed by atoms with Crippen LogP contribution < -0.4 is 14.8 Å². The molecule has 1 aromatic rings. The van der Waals surface area contributed by atoms with Crippen LogP contribution in [0.5, 0.6) is 11.5 Å². The van der Waals surface area contributed by atoms with Gasteiger partial charge in [0, 0.05) is 20.2 Å². The molecule has 6 heteroatoms. The van der Waals surface area contributed by atoms with Crippen molar-refractivity contribution in [3.8, 4) is 11.5 Å². The Bertz CT molecular complexity index is 582. The molecule has 0 aliphatic rings. The number of nitrogens with zero attached hydrogens (tertiary/aromatic N) is 1. The summed E-state index contributed by atoms with van der Waals surface area (Å²) in [5.41, 5.74) is 0.816. The van der Waals surface area contributed by atoms with E-state index in [0.717, 1.165) is 12.0 Å². The summed E-state index contributed by atoms with van der Waals surface area (Å²) in [6.07, 6.45) is 3.97. The molecule has 0 aliphatic carbocycles. The topological polar surface area (TPSA) is 67.9 Å². The Hall–Kier alpha value is -2.50. The number of nitrogens with one attached hydrogen (secondary N) is 1. The Labute approximate surface area is 143 Å². The van der Waals surface area contributed by atoms with Crippen LogP contribution in [0.4, 0.5) is 0 Å². The van der Waals surface area contributed by atoms with E-state index in [-0.39, 0.29) is 18.4 Å². The van der Waals surface area contributed by atoms with Crippen LogP contribution in [0.3, 0.4) is 0 Å². The van der Waals surface area contributed by atoms with Crippen molar-refractivity contribution in [2.24, 2.45) is 0 Å². The summed E-state index contributed by atoms with van der Waals surface area (Å²) in [5.74, 6) is 0.857. The normalized spacial score (nSPS) is 10.5. The summed E-state index contributed by atoms with van der Waals surface area (Å²) in [6.45, 7) is 5.07. The number of rotatable bonds is 9. The molecule has 0 aliphatic heterocycles. The molecule has 0 radical (unpaired) electrons. The SMILES string of the molecule is CCCOc1ccc(/C=C/C(=O)NCC(=O)N(C)C)cc1OCC. The maximum absolute atomic E-state index is 11.7. The van der Waals surface area contributed by atoms with Gasteiger partial charge in [-0.2, -0.15) is 0 Å². The fraction of sp³-hybridized carbons (Fsp3) is 0.444. The summed E-state index contributed by atoms with van der Waals surface area (Å²) in [6, 6.07) is 5.50. The molecule has 0 saturated carbocycles. The van der Waals surface area contributed by atoms with Crippen molar-refractivity contribution >= 4 is 17.9 Å². The Kier molecular flexibility index (Phi) is 8.39. The second-order valence-corrected chi connectivity index (χ2v) is 5.33. The van der Waals surface area contributed by atoms with Crippen molar-refractivity contribution in [3.63, 3.8) is 0 Å². The molecule has 0 heterocycles. The lowest BCUT2D eigenvalue weighted by atomic mass is 10.2. The minimum absolute atomic E-state index is 0.0236. The van der Waals surface area contributed by atoms with Gasteiger partial charge >= 0.3 is 0 Å². The van der Waals surface area contributed by atoms with Gasteiger partial charge < -0.3 is 19.7 Å². The third-order valence-electron chi connectivity index (χ3n) is 3.07. The summed E-state index contributed by atoms with van der Waals surface area (Å²) in [4.78, 5) is 24.6.